The number of amides is 3. The molecule has 0 aliphatic carbocycles. The van der Waals surface area contributed by atoms with Crippen LogP contribution in [0.5, 0.6) is 0 Å². The van der Waals surface area contributed by atoms with E-state index < -0.39 is 29.2 Å². The van der Waals surface area contributed by atoms with Crippen molar-refractivity contribution >= 4 is 17.9 Å². The molecular formula is C15H13F3N4O2. The second kappa shape index (κ2) is 6.65. The Labute approximate surface area is 135 Å². The van der Waals surface area contributed by atoms with Gasteiger partial charge in [-0.05, 0) is 32.0 Å². The van der Waals surface area contributed by atoms with Gasteiger partial charge in [-0.25, -0.2) is 14.8 Å². The second-order valence-electron chi connectivity index (χ2n) is 4.93. The summed E-state index contributed by atoms with van der Waals surface area (Å²) in [4.78, 5) is 31.6. The van der Waals surface area contributed by atoms with E-state index in [1.165, 1.54) is 6.07 Å². The first-order valence-corrected chi connectivity index (χ1v) is 6.77. The van der Waals surface area contributed by atoms with Crippen LogP contribution >= 0.6 is 0 Å². The maximum atomic E-state index is 12.9. The maximum absolute atomic E-state index is 12.9. The summed E-state index contributed by atoms with van der Waals surface area (Å²) in [5.74, 6) is -1.23. The molecule has 0 radical (unpaired) electrons. The maximum Gasteiger partial charge on any atom is 0.417 e. The topological polar surface area (TPSA) is 84.0 Å². The molecule has 9 heteroatoms. The molecule has 1 aromatic carbocycles. The van der Waals surface area contributed by atoms with Crippen molar-refractivity contribution in [1.82, 2.24) is 15.3 Å². The van der Waals surface area contributed by atoms with Gasteiger partial charge in [0.05, 0.1) is 11.1 Å². The number of rotatable bonds is 2. The Morgan fingerprint density at radius 2 is 1.62 bits per heavy atom. The molecule has 0 fully saturated rings. The summed E-state index contributed by atoms with van der Waals surface area (Å²) >= 11 is 0. The summed E-state index contributed by atoms with van der Waals surface area (Å²) in [6, 6.07) is 4.83. The fraction of sp³-hybridized carbons (Fsp3) is 0.200. The van der Waals surface area contributed by atoms with E-state index in [1.807, 2.05) is 5.32 Å². The van der Waals surface area contributed by atoms with Gasteiger partial charge in [0.2, 0.25) is 5.95 Å². The number of nitrogens with one attached hydrogen (secondary N) is 2. The SMILES string of the molecule is Cc1cc(C)nc(NC(=O)NC(=O)c2ccccc2C(F)(F)F)n1. The minimum Gasteiger partial charge on any atom is -0.276 e. The molecule has 6 nitrogen and oxygen atoms in total. The van der Waals surface area contributed by atoms with E-state index in [0.29, 0.717) is 11.4 Å². The highest BCUT2D eigenvalue weighted by molar-refractivity contribution is 6.08. The zero-order chi connectivity index (χ0) is 17.9. The summed E-state index contributed by atoms with van der Waals surface area (Å²) in [7, 11) is 0. The van der Waals surface area contributed by atoms with E-state index in [1.54, 1.807) is 19.9 Å². The van der Waals surface area contributed by atoms with Crippen LogP contribution in [0.3, 0.4) is 0 Å². The van der Waals surface area contributed by atoms with Crippen LogP contribution < -0.4 is 10.6 Å². The zero-order valence-electron chi connectivity index (χ0n) is 12.7. The number of nitrogens with zero attached hydrogens (tertiary/aromatic N) is 2. The molecule has 3 amide bonds. The monoisotopic (exact) mass is 338 g/mol. The number of imide groups is 1. The number of halogens is 3. The third-order valence-corrected chi connectivity index (χ3v) is 2.91. The van der Waals surface area contributed by atoms with Gasteiger partial charge in [0.25, 0.3) is 5.91 Å². The van der Waals surface area contributed by atoms with Gasteiger partial charge in [0.15, 0.2) is 0 Å². The van der Waals surface area contributed by atoms with Crippen LogP contribution in [-0.2, 0) is 6.18 Å². The zero-order valence-corrected chi connectivity index (χ0v) is 12.7. The van der Waals surface area contributed by atoms with E-state index in [4.69, 9.17) is 0 Å². The summed E-state index contributed by atoms with van der Waals surface area (Å²) in [6.45, 7) is 3.37. The third kappa shape index (κ3) is 4.28. The lowest BCUT2D eigenvalue weighted by molar-refractivity contribution is -0.137. The number of carbonyl (C=O) groups excluding carboxylic acids is 2. The molecule has 1 aromatic heterocycles. The van der Waals surface area contributed by atoms with E-state index in [-0.39, 0.29) is 5.95 Å². The lowest BCUT2D eigenvalue weighted by atomic mass is 10.1. The number of benzene rings is 1. The molecule has 1 heterocycles. The molecule has 2 N–H and O–H groups in total. The number of alkyl halides is 3. The van der Waals surface area contributed by atoms with Crippen LogP contribution in [0.1, 0.15) is 27.3 Å². The van der Waals surface area contributed by atoms with Crippen LogP contribution in [0.15, 0.2) is 30.3 Å². The number of urea groups is 1. The Hall–Kier alpha value is -2.97. The molecule has 24 heavy (non-hydrogen) atoms. The molecule has 0 saturated carbocycles. The van der Waals surface area contributed by atoms with Crippen LogP contribution in [0.4, 0.5) is 23.9 Å². The molecule has 0 aliphatic rings. The highest BCUT2D eigenvalue weighted by atomic mass is 19.4. The first-order valence-electron chi connectivity index (χ1n) is 6.77. The van der Waals surface area contributed by atoms with E-state index in [9.17, 15) is 22.8 Å². The van der Waals surface area contributed by atoms with Crippen LogP contribution in [0.25, 0.3) is 0 Å². The van der Waals surface area contributed by atoms with Crippen molar-refractivity contribution in [1.29, 1.82) is 0 Å². The van der Waals surface area contributed by atoms with Crippen molar-refractivity contribution < 1.29 is 22.8 Å². The molecule has 0 bridgehead atoms. The average molecular weight is 338 g/mol. The minimum atomic E-state index is -4.71. The van der Waals surface area contributed by atoms with Gasteiger partial charge in [-0.15, -0.1) is 0 Å². The van der Waals surface area contributed by atoms with Crippen molar-refractivity contribution in [2.45, 2.75) is 20.0 Å². The molecule has 126 valence electrons. The van der Waals surface area contributed by atoms with Gasteiger partial charge in [-0.2, -0.15) is 13.2 Å². The van der Waals surface area contributed by atoms with Gasteiger partial charge in [0, 0.05) is 11.4 Å². The van der Waals surface area contributed by atoms with Crippen molar-refractivity contribution in [3.63, 3.8) is 0 Å². The molecule has 2 rings (SSSR count). The minimum absolute atomic E-state index is 0.0538. The number of aryl methyl sites for hydroxylation is 2. The molecule has 0 unspecified atom stereocenters. The molecule has 0 saturated heterocycles. The van der Waals surface area contributed by atoms with Crippen LogP contribution in [-0.4, -0.2) is 21.9 Å². The van der Waals surface area contributed by atoms with Gasteiger partial charge in [0.1, 0.15) is 0 Å². The molecule has 0 atom stereocenters. The average Bonchev–Trinajstić information content (AvgIpc) is 2.45. The molecule has 0 aliphatic heterocycles. The number of hydrogen-bond acceptors (Lipinski definition) is 4. The number of carbonyl (C=O) groups is 2. The first-order chi connectivity index (χ1) is 11.2. The van der Waals surface area contributed by atoms with E-state index in [2.05, 4.69) is 15.3 Å². The second-order valence-corrected chi connectivity index (χ2v) is 4.93. The predicted octanol–water partition coefficient (Wildman–Crippen LogP) is 3.07. The number of hydrogen-bond donors (Lipinski definition) is 2. The van der Waals surface area contributed by atoms with Crippen molar-refractivity contribution in [2.24, 2.45) is 0 Å². The highest BCUT2D eigenvalue weighted by Crippen LogP contribution is 2.31. The number of aromatic nitrogens is 2. The van der Waals surface area contributed by atoms with Crippen molar-refractivity contribution in [3.8, 4) is 0 Å². The normalized spacial score (nSPS) is 11.0. The number of anilines is 1. The van der Waals surface area contributed by atoms with Crippen LogP contribution in [0.2, 0.25) is 0 Å². The predicted molar refractivity (Wildman–Crippen MR) is 79.4 cm³/mol. The summed E-state index contributed by atoms with van der Waals surface area (Å²) in [5, 5.41) is 4.04. The fourth-order valence-electron chi connectivity index (χ4n) is 2.01. The third-order valence-electron chi connectivity index (χ3n) is 2.91. The lowest BCUT2D eigenvalue weighted by Gasteiger charge is -2.12. The Morgan fingerprint density at radius 1 is 1.04 bits per heavy atom. The van der Waals surface area contributed by atoms with Crippen LogP contribution in [0, 0.1) is 13.8 Å². The Kier molecular flexibility index (Phi) is 4.82. The van der Waals surface area contributed by atoms with Gasteiger partial charge in [-0.3, -0.25) is 15.4 Å². The largest absolute Gasteiger partial charge is 0.417 e. The lowest BCUT2D eigenvalue weighted by Crippen LogP contribution is -2.36. The van der Waals surface area contributed by atoms with Gasteiger partial charge in [-0.1, -0.05) is 12.1 Å². The molecular weight excluding hydrogens is 325 g/mol. The van der Waals surface area contributed by atoms with Gasteiger partial charge >= 0.3 is 12.2 Å². The van der Waals surface area contributed by atoms with Crippen molar-refractivity contribution in [3.05, 3.63) is 52.8 Å². The fourth-order valence-corrected chi connectivity index (χ4v) is 2.01. The summed E-state index contributed by atoms with van der Waals surface area (Å²) < 4.78 is 38.6. The highest BCUT2D eigenvalue weighted by Gasteiger charge is 2.35. The Bertz CT molecular complexity index is 770. The van der Waals surface area contributed by atoms with Crippen molar-refractivity contribution in [2.75, 3.05) is 5.32 Å². The Balaban J connectivity index is 2.14. The molecule has 2 aromatic rings. The van der Waals surface area contributed by atoms with Gasteiger partial charge < -0.3 is 0 Å². The Morgan fingerprint density at radius 3 is 2.21 bits per heavy atom. The smallest absolute Gasteiger partial charge is 0.276 e. The summed E-state index contributed by atoms with van der Waals surface area (Å²) in [5.41, 5.74) is -0.600. The van der Waals surface area contributed by atoms with E-state index in [0.717, 1.165) is 18.2 Å². The first kappa shape index (κ1) is 17.4. The standard InChI is InChI=1S/C15H13F3N4O2/c1-8-7-9(2)20-13(19-8)22-14(24)21-12(23)10-5-3-4-6-11(10)15(16,17)18/h3-7H,1-2H3,(H2,19,20,21,22,23,24). The quantitative estimate of drug-likeness (QED) is 0.881. The molecule has 0 spiro atoms. The summed E-state index contributed by atoms with van der Waals surface area (Å²) in [6.07, 6.45) is -4.71. The van der Waals surface area contributed by atoms with E-state index >= 15 is 0 Å².